The average molecular weight is 353 g/mol. The van der Waals surface area contributed by atoms with Crippen molar-refractivity contribution in [1.29, 1.82) is 0 Å². The fourth-order valence-electron chi connectivity index (χ4n) is 3.25. The van der Waals surface area contributed by atoms with E-state index in [0.29, 0.717) is 19.5 Å². The number of hydrogen-bond acceptors (Lipinski definition) is 4. The van der Waals surface area contributed by atoms with Crippen molar-refractivity contribution < 1.29 is 9.72 Å². The molecule has 26 heavy (non-hydrogen) atoms. The number of nitro groups is 1. The van der Waals surface area contributed by atoms with Crippen LogP contribution in [0.4, 0.5) is 11.4 Å². The largest absolute Gasteiger partial charge is 0.383 e. The van der Waals surface area contributed by atoms with Gasteiger partial charge in [-0.2, -0.15) is 0 Å². The van der Waals surface area contributed by atoms with Gasteiger partial charge in [0.15, 0.2) is 0 Å². The summed E-state index contributed by atoms with van der Waals surface area (Å²) in [5.74, 6) is 0.00580. The lowest BCUT2D eigenvalue weighted by Gasteiger charge is -2.16. The van der Waals surface area contributed by atoms with Gasteiger partial charge in [-0.15, -0.1) is 0 Å². The molecule has 0 unspecified atom stereocenters. The van der Waals surface area contributed by atoms with Crippen molar-refractivity contribution in [1.82, 2.24) is 5.32 Å². The Bertz CT molecular complexity index is 787. The molecule has 0 saturated heterocycles. The zero-order valence-corrected chi connectivity index (χ0v) is 14.7. The molecule has 1 aliphatic carbocycles. The summed E-state index contributed by atoms with van der Waals surface area (Å²) in [4.78, 5) is 22.3. The first-order valence-electron chi connectivity index (χ1n) is 8.97. The third-order valence-electron chi connectivity index (χ3n) is 4.63. The maximum Gasteiger partial charge on any atom is 0.269 e. The summed E-state index contributed by atoms with van der Waals surface area (Å²) in [7, 11) is 0. The second-order valence-electron chi connectivity index (χ2n) is 6.57. The molecule has 0 fully saturated rings. The zero-order valence-electron chi connectivity index (χ0n) is 14.7. The number of non-ortho nitro benzene ring substituents is 1. The number of anilines is 1. The topological polar surface area (TPSA) is 84.3 Å². The fraction of sp³-hybridized carbons (Fsp3) is 0.350. The Hall–Kier alpha value is -2.89. The number of fused-ring (bicyclic) bond motifs is 1. The van der Waals surface area contributed by atoms with Gasteiger partial charge in [-0.25, -0.2) is 0 Å². The zero-order chi connectivity index (χ0) is 18.4. The van der Waals surface area contributed by atoms with Crippen molar-refractivity contribution in [3.8, 4) is 0 Å². The third kappa shape index (κ3) is 4.81. The number of amides is 1. The molecule has 0 spiro atoms. The van der Waals surface area contributed by atoms with E-state index in [0.717, 1.165) is 24.1 Å². The molecule has 0 aromatic heterocycles. The van der Waals surface area contributed by atoms with Crippen molar-refractivity contribution in [2.45, 2.75) is 32.1 Å². The summed E-state index contributed by atoms with van der Waals surface area (Å²) in [6, 6.07) is 12.6. The number of rotatable bonds is 7. The standard InChI is InChI=1S/C20H23N3O3/c24-20(14-15-5-6-16-3-1-2-4-17(16)13-15)22-12-11-21-18-7-9-19(10-8-18)23(25)26/h5-10,13,21H,1-4,11-12,14H2,(H,22,24). The van der Waals surface area contributed by atoms with Crippen LogP contribution >= 0.6 is 0 Å². The minimum absolute atomic E-state index is 0.00580. The number of carbonyl (C=O) groups excluding carboxylic acids is 1. The van der Waals surface area contributed by atoms with Gasteiger partial charge in [0, 0.05) is 30.9 Å². The Labute approximate surface area is 152 Å². The number of carbonyl (C=O) groups is 1. The summed E-state index contributed by atoms with van der Waals surface area (Å²) < 4.78 is 0. The quantitative estimate of drug-likeness (QED) is 0.455. The molecule has 0 aliphatic heterocycles. The van der Waals surface area contributed by atoms with Gasteiger partial charge in [-0.1, -0.05) is 18.2 Å². The number of nitrogens with zero attached hydrogens (tertiary/aromatic N) is 1. The van der Waals surface area contributed by atoms with Gasteiger partial charge in [0.25, 0.3) is 5.69 Å². The molecule has 6 heteroatoms. The van der Waals surface area contributed by atoms with E-state index in [1.807, 2.05) is 0 Å². The van der Waals surface area contributed by atoms with Crippen LogP contribution in [0, 0.1) is 10.1 Å². The summed E-state index contributed by atoms with van der Waals surface area (Å²) in [5, 5.41) is 16.6. The van der Waals surface area contributed by atoms with Gasteiger partial charge >= 0.3 is 0 Å². The number of nitro benzene ring substituents is 1. The summed E-state index contributed by atoms with van der Waals surface area (Å²) in [5.41, 5.74) is 4.73. The first kappa shape index (κ1) is 17.9. The normalized spacial score (nSPS) is 12.9. The second-order valence-corrected chi connectivity index (χ2v) is 6.57. The van der Waals surface area contributed by atoms with Crippen LogP contribution in [0.25, 0.3) is 0 Å². The molecular formula is C20H23N3O3. The Morgan fingerprint density at radius 1 is 1.00 bits per heavy atom. The molecule has 3 rings (SSSR count). The number of benzene rings is 2. The van der Waals surface area contributed by atoms with Crippen molar-refractivity contribution in [2.75, 3.05) is 18.4 Å². The minimum atomic E-state index is -0.426. The fourth-order valence-corrected chi connectivity index (χ4v) is 3.25. The van der Waals surface area contributed by atoms with Gasteiger partial charge in [-0.05, 0) is 54.5 Å². The predicted octanol–water partition coefficient (Wildman–Crippen LogP) is 3.24. The van der Waals surface area contributed by atoms with Gasteiger partial charge < -0.3 is 10.6 Å². The number of hydrogen-bond donors (Lipinski definition) is 2. The minimum Gasteiger partial charge on any atom is -0.383 e. The molecule has 6 nitrogen and oxygen atoms in total. The summed E-state index contributed by atoms with van der Waals surface area (Å²) in [6.45, 7) is 1.06. The van der Waals surface area contributed by atoms with Gasteiger partial charge in [0.05, 0.1) is 11.3 Å². The Morgan fingerprint density at radius 2 is 1.73 bits per heavy atom. The van der Waals surface area contributed by atoms with Gasteiger partial charge in [0.1, 0.15) is 0 Å². The molecule has 0 saturated carbocycles. The van der Waals surface area contributed by atoms with Crippen LogP contribution < -0.4 is 10.6 Å². The molecule has 0 heterocycles. The molecule has 0 atom stereocenters. The molecule has 136 valence electrons. The third-order valence-corrected chi connectivity index (χ3v) is 4.63. The highest BCUT2D eigenvalue weighted by molar-refractivity contribution is 5.78. The molecule has 0 radical (unpaired) electrons. The van der Waals surface area contributed by atoms with Crippen molar-refractivity contribution in [3.63, 3.8) is 0 Å². The highest BCUT2D eigenvalue weighted by Crippen LogP contribution is 2.22. The van der Waals surface area contributed by atoms with E-state index in [1.165, 1.54) is 36.1 Å². The van der Waals surface area contributed by atoms with Crippen molar-refractivity contribution >= 4 is 17.3 Å². The maximum absolute atomic E-state index is 12.1. The number of nitrogens with one attached hydrogen (secondary N) is 2. The first-order chi connectivity index (χ1) is 12.6. The molecule has 0 bridgehead atoms. The van der Waals surface area contributed by atoms with Gasteiger partial charge in [-0.3, -0.25) is 14.9 Å². The lowest BCUT2D eigenvalue weighted by Crippen LogP contribution is -2.30. The van der Waals surface area contributed by atoms with Crippen molar-refractivity contribution in [3.05, 3.63) is 69.3 Å². The monoisotopic (exact) mass is 353 g/mol. The lowest BCUT2D eigenvalue weighted by atomic mass is 9.90. The summed E-state index contributed by atoms with van der Waals surface area (Å²) in [6.07, 6.45) is 5.15. The van der Waals surface area contributed by atoms with Crippen LogP contribution in [0.15, 0.2) is 42.5 Å². The van der Waals surface area contributed by atoms with E-state index < -0.39 is 4.92 Å². The van der Waals surface area contributed by atoms with E-state index in [-0.39, 0.29) is 11.6 Å². The molecule has 1 aliphatic rings. The Morgan fingerprint density at radius 3 is 2.46 bits per heavy atom. The van der Waals surface area contributed by atoms with Gasteiger partial charge in [0.2, 0.25) is 5.91 Å². The van der Waals surface area contributed by atoms with Crippen LogP contribution in [-0.4, -0.2) is 23.9 Å². The highest BCUT2D eigenvalue weighted by Gasteiger charge is 2.11. The van der Waals surface area contributed by atoms with Crippen LogP contribution in [0.2, 0.25) is 0 Å². The molecular weight excluding hydrogens is 330 g/mol. The smallest absolute Gasteiger partial charge is 0.269 e. The van der Waals surface area contributed by atoms with E-state index in [9.17, 15) is 14.9 Å². The lowest BCUT2D eigenvalue weighted by molar-refractivity contribution is -0.384. The molecule has 2 N–H and O–H groups in total. The molecule has 2 aromatic carbocycles. The highest BCUT2D eigenvalue weighted by atomic mass is 16.6. The van der Waals surface area contributed by atoms with E-state index in [2.05, 4.69) is 28.8 Å². The molecule has 2 aromatic rings. The van der Waals surface area contributed by atoms with Crippen molar-refractivity contribution in [2.24, 2.45) is 0 Å². The van der Waals surface area contributed by atoms with Crippen LogP contribution in [0.3, 0.4) is 0 Å². The summed E-state index contributed by atoms with van der Waals surface area (Å²) >= 11 is 0. The van der Waals surface area contributed by atoms with E-state index >= 15 is 0 Å². The predicted molar refractivity (Wildman–Crippen MR) is 101 cm³/mol. The maximum atomic E-state index is 12.1. The Kier molecular flexibility index (Phi) is 5.84. The average Bonchev–Trinajstić information content (AvgIpc) is 2.65. The van der Waals surface area contributed by atoms with E-state index in [4.69, 9.17) is 0 Å². The van der Waals surface area contributed by atoms with Crippen LogP contribution in [-0.2, 0) is 24.1 Å². The van der Waals surface area contributed by atoms with Crippen LogP contribution in [0.5, 0.6) is 0 Å². The SMILES string of the molecule is O=C(Cc1ccc2c(c1)CCCC2)NCCNc1ccc([N+](=O)[O-])cc1. The van der Waals surface area contributed by atoms with Crippen LogP contribution in [0.1, 0.15) is 29.5 Å². The first-order valence-corrected chi connectivity index (χ1v) is 8.97. The molecule has 1 amide bonds. The second kappa shape index (κ2) is 8.47. The van der Waals surface area contributed by atoms with E-state index in [1.54, 1.807) is 12.1 Å². The Balaban J connectivity index is 1.41. The number of aryl methyl sites for hydroxylation is 2.